The Labute approximate surface area is 146 Å². The van der Waals surface area contributed by atoms with Crippen molar-refractivity contribution in [1.82, 2.24) is 0 Å². The maximum absolute atomic E-state index is 12.4. The third kappa shape index (κ3) is 2.45. The maximum Gasteiger partial charge on any atom is 0.357 e. The molecular weight excluding hydrogens is 332 g/mol. The fourth-order valence-electron chi connectivity index (χ4n) is 3.40. The maximum atomic E-state index is 12.4. The topological polar surface area (TPSA) is 65.0 Å². The first-order valence-corrected chi connectivity index (χ1v) is 8.54. The number of carbonyl (C=O) groups excluding carboxylic acids is 1. The molecule has 0 bridgehead atoms. The van der Waals surface area contributed by atoms with Crippen LogP contribution in [0.1, 0.15) is 52.0 Å². The van der Waals surface area contributed by atoms with Crippen molar-refractivity contribution in [3.05, 3.63) is 22.7 Å². The Balaban J connectivity index is 2.15. The van der Waals surface area contributed by atoms with Gasteiger partial charge >= 0.3 is 5.97 Å². The minimum absolute atomic E-state index is 0.145. The minimum atomic E-state index is -1.76. The van der Waals surface area contributed by atoms with Crippen molar-refractivity contribution in [1.29, 1.82) is 0 Å². The van der Waals surface area contributed by atoms with Gasteiger partial charge in [0, 0.05) is 12.8 Å². The molecule has 1 aliphatic heterocycles. The summed E-state index contributed by atoms with van der Waals surface area (Å²) >= 11 is 6.40. The summed E-state index contributed by atoms with van der Waals surface area (Å²) in [6.07, 6.45) is 2.07. The lowest BCUT2D eigenvalue weighted by Gasteiger charge is -2.50. The van der Waals surface area contributed by atoms with Crippen molar-refractivity contribution in [2.45, 2.75) is 63.3 Å². The van der Waals surface area contributed by atoms with Crippen LogP contribution < -0.4 is 9.47 Å². The van der Waals surface area contributed by atoms with Crippen molar-refractivity contribution in [3.63, 3.8) is 0 Å². The second kappa shape index (κ2) is 5.53. The molecule has 0 aromatic heterocycles. The van der Waals surface area contributed by atoms with Crippen LogP contribution in [0.4, 0.5) is 0 Å². The van der Waals surface area contributed by atoms with Crippen molar-refractivity contribution in [3.8, 4) is 11.5 Å². The Bertz CT molecular complexity index is 681. The van der Waals surface area contributed by atoms with Crippen LogP contribution in [0.15, 0.2) is 12.1 Å². The summed E-state index contributed by atoms with van der Waals surface area (Å²) in [7, 11) is 1.27. The van der Waals surface area contributed by atoms with Gasteiger partial charge in [0.15, 0.2) is 11.5 Å². The second-order valence-corrected chi connectivity index (χ2v) is 7.96. The summed E-state index contributed by atoms with van der Waals surface area (Å²) in [4.78, 5) is 12.4. The summed E-state index contributed by atoms with van der Waals surface area (Å²) in [5.74, 6) is -1.77. The molecule has 0 spiro atoms. The number of hydrogen-bond acceptors (Lipinski definition) is 5. The Hall–Kier alpha value is -1.46. The summed E-state index contributed by atoms with van der Waals surface area (Å²) in [5.41, 5.74) is -0.770. The van der Waals surface area contributed by atoms with Gasteiger partial charge in [0.2, 0.25) is 0 Å². The standard InChI is InChI=1S/C18H23ClO5/c1-16(2,3)11-9-12(19)14-13(10-11)23-18(21)8-6-5-7-17(18,24-14)15(20)22-4/h9-10,21H,5-8H2,1-4H3/t17-,18-/m0/s1. The van der Waals surface area contributed by atoms with E-state index in [1.807, 2.05) is 12.1 Å². The number of hydrogen-bond donors (Lipinski definition) is 1. The lowest BCUT2D eigenvalue weighted by molar-refractivity contribution is -0.277. The normalized spacial score (nSPS) is 28.9. The number of carbonyl (C=O) groups is 1. The van der Waals surface area contributed by atoms with E-state index >= 15 is 0 Å². The third-order valence-corrected chi connectivity index (χ3v) is 5.15. The molecule has 1 N–H and O–H groups in total. The average Bonchev–Trinajstić information content (AvgIpc) is 2.50. The number of aliphatic hydroxyl groups is 1. The van der Waals surface area contributed by atoms with Crippen LogP contribution in [-0.4, -0.2) is 29.6 Å². The van der Waals surface area contributed by atoms with Crippen LogP contribution in [0.3, 0.4) is 0 Å². The fourth-order valence-corrected chi connectivity index (χ4v) is 3.65. The first-order valence-electron chi connectivity index (χ1n) is 8.16. The van der Waals surface area contributed by atoms with Gasteiger partial charge in [0.25, 0.3) is 11.4 Å². The molecule has 0 unspecified atom stereocenters. The lowest BCUT2D eigenvalue weighted by atomic mass is 9.77. The van der Waals surface area contributed by atoms with Crippen LogP contribution >= 0.6 is 11.6 Å². The van der Waals surface area contributed by atoms with Crippen LogP contribution in [0.2, 0.25) is 5.02 Å². The fraction of sp³-hybridized carbons (Fsp3) is 0.611. The highest BCUT2D eigenvalue weighted by Crippen LogP contribution is 2.52. The number of esters is 1. The molecule has 2 atom stereocenters. The summed E-state index contributed by atoms with van der Waals surface area (Å²) in [6, 6.07) is 3.62. The number of rotatable bonds is 1. The second-order valence-electron chi connectivity index (χ2n) is 7.55. The van der Waals surface area contributed by atoms with E-state index in [1.165, 1.54) is 7.11 Å². The Kier molecular flexibility index (Phi) is 4.00. The first kappa shape index (κ1) is 17.4. The van der Waals surface area contributed by atoms with E-state index in [2.05, 4.69) is 20.8 Å². The van der Waals surface area contributed by atoms with Crippen LogP contribution in [0.25, 0.3) is 0 Å². The monoisotopic (exact) mass is 354 g/mol. The van der Waals surface area contributed by atoms with Crippen molar-refractivity contribution in [2.75, 3.05) is 7.11 Å². The lowest BCUT2D eigenvalue weighted by Crippen LogP contribution is -2.69. The Morgan fingerprint density at radius 2 is 1.92 bits per heavy atom. The van der Waals surface area contributed by atoms with Crippen molar-refractivity contribution < 1.29 is 24.1 Å². The van der Waals surface area contributed by atoms with E-state index in [0.29, 0.717) is 23.6 Å². The molecule has 132 valence electrons. The van der Waals surface area contributed by atoms with Gasteiger partial charge in [-0.1, -0.05) is 32.4 Å². The largest absolute Gasteiger partial charge is 0.466 e. The van der Waals surface area contributed by atoms with E-state index in [-0.39, 0.29) is 11.2 Å². The predicted octanol–water partition coefficient (Wildman–Crippen LogP) is 3.58. The predicted molar refractivity (Wildman–Crippen MR) is 89.6 cm³/mol. The van der Waals surface area contributed by atoms with Gasteiger partial charge in [-0.3, -0.25) is 0 Å². The number of halogens is 1. The highest BCUT2D eigenvalue weighted by molar-refractivity contribution is 6.32. The third-order valence-electron chi connectivity index (χ3n) is 4.87. The van der Waals surface area contributed by atoms with Crippen molar-refractivity contribution in [2.24, 2.45) is 0 Å². The number of benzene rings is 1. The molecule has 1 aliphatic carbocycles. The molecule has 1 fully saturated rings. The molecular formula is C18H23ClO5. The zero-order chi connectivity index (χ0) is 17.8. The Morgan fingerprint density at radius 1 is 1.25 bits per heavy atom. The van der Waals surface area contributed by atoms with Crippen LogP contribution in [-0.2, 0) is 14.9 Å². The van der Waals surface area contributed by atoms with Gasteiger partial charge in [-0.2, -0.15) is 0 Å². The Morgan fingerprint density at radius 3 is 2.54 bits per heavy atom. The van der Waals surface area contributed by atoms with E-state index in [1.54, 1.807) is 0 Å². The van der Waals surface area contributed by atoms with Gasteiger partial charge in [-0.25, -0.2) is 4.79 Å². The van der Waals surface area contributed by atoms with Gasteiger partial charge in [0.05, 0.1) is 12.1 Å². The highest BCUT2D eigenvalue weighted by Gasteiger charge is 2.65. The zero-order valence-corrected chi connectivity index (χ0v) is 15.2. The molecule has 5 nitrogen and oxygen atoms in total. The quantitative estimate of drug-likeness (QED) is 0.781. The molecule has 24 heavy (non-hydrogen) atoms. The first-order chi connectivity index (χ1) is 11.1. The van der Waals surface area contributed by atoms with Gasteiger partial charge in [-0.05, 0) is 36.0 Å². The van der Waals surface area contributed by atoms with Gasteiger partial charge in [-0.15, -0.1) is 0 Å². The van der Waals surface area contributed by atoms with Crippen molar-refractivity contribution >= 4 is 17.6 Å². The molecule has 1 aromatic carbocycles. The summed E-state index contributed by atoms with van der Waals surface area (Å²) in [5, 5.41) is 11.4. The molecule has 6 heteroatoms. The molecule has 1 heterocycles. The molecule has 0 saturated heterocycles. The molecule has 3 rings (SSSR count). The average molecular weight is 355 g/mol. The molecule has 2 aliphatic rings. The number of fused-ring (bicyclic) bond motifs is 2. The smallest absolute Gasteiger partial charge is 0.357 e. The summed E-state index contributed by atoms with van der Waals surface area (Å²) in [6.45, 7) is 6.18. The van der Waals surface area contributed by atoms with Gasteiger partial charge in [0.1, 0.15) is 0 Å². The zero-order valence-electron chi connectivity index (χ0n) is 14.4. The highest BCUT2D eigenvalue weighted by atomic mass is 35.5. The van der Waals surface area contributed by atoms with E-state index in [4.69, 9.17) is 25.8 Å². The van der Waals surface area contributed by atoms with E-state index in [0.717, 1.165) is 18.4 Å². The van der Waals surface area contributed by atoms with Crippen LogP contribution in [0.5, 0.6) is 11.5 Å². The molecule has 0 amide bonds. The van der Waals surface area contributed by atoms with Crippen LogP contribution in [0, 0.1) is 0 Å². The number of ether oxygens (including phenoxy) is 3. The van der Waals surface area contributed by atoms with E-state index in [9.17, 15) is 9.90 Å². The number of methoxy groups -OCH3 is 1. The molecule has 1 aromatic rings. The molecule has 1 saturated carbocycles. The molecule has 0 radical (unpaired) electrons. The summed E-state index contributed by atoms with van der Waals surface area (Å²) < 4.78 is 16.8. The van der Waals surface area contributed by atoms with Gasteiger partial charge < -0.3 is 19.3 Å². The van der Waals surface area contributed by atoms with E-state index < -0.39 is 17.4 Å². The SMILES string of the molecule is COC(=O)[C@@]12CCCC[C@]1(O)Oc1cc(C(C)(C)C)cc(Cl)c1O2. The minimum Gasteiger partial charge on any atom is -0.466 e.